The maximum absolute atomic E-state index is 11.8. The lowest BCUT2D eigenvalue weighted by Crippen LogP contribution is -2.40. The van der Waals surface area contributed by atoms with Crippen LogP contribution in [0, 0.1) is 5.41 Å². The quantitative estimate of drug-likeness (QED) is 0.318. The van der Waals surface area contributed by atoms with E-state index >= 15 is 0 Å². The van der Waals surface area contributed by atoms with Crippen molar-refractivity contribution in [3.8, 4) is 0 Å². The summed E-state index contributed by atoms with van der Waals surface area (Å²) in [6.45, 7) is 0. The van der Waals surface area contributed by atoms with Crippen molar-refractivity contribution in [3.63, 3.8) is 0 Å². The fourth-order valence-corrected chi connectivity index (χ4v) is 0.111. The summed E-state index contributed by atoms with van der Waals surface area (Å²) >= 11 is 0. The molecule has 0 aromatic carbocycles. The Morgan fingerprint density at radius 3 is 2.00 bits per heavy atom. The van der Waals surface area contributed by atoms with E-state index in [1.165, 1.54) is 0 Å². The summed E-state index contributed by atoms with van der Waals surface area (Å²) in [5.74, 6) is 0. The lowest BCUT2D eigenvalue weighted by atomic mass is 10.3. The first-order chi connectivity index (χ1) is 3.18. The van der Waals surface area contributed by atoms with Gasteiger partial charge in [-0.1, -0.05) is 0 Å². The average Bonchev–Trinajstić information content (AvgIpc) is 1.65. The summed E-state index contributed by atoms with van der Waals surface area (Å²) in [5.41, 5.74) is 9.60. The van der Waals surface area contributed by atoms with E-state index < -0.39 is 12.3 Å². The smallest absolute Gasteiger partial charge is 0.162 e. The summed E-state index contributed by atoms with van der Waals surface area (Å²) in [4.78, 5) is 0. The minimum absolute atomic E-state index is 0.574. The number of rotatable bonds is 2. The fraction of sp³-hybridized carbons (Fsp3) is 0.667. The Morgan fingerprint density at radius 2 is 2.00 bits per heavy atom. The van der Waals surface area contributed by atoms with Gasteiger partial charge in [-0.2, -0.15) is 0 Å². The van der Waals surface area contributed by atoms with Crippen LogP contribution in [0.5, 0.6) is 0 Å². The molecule has 0 aliphatic carbocycles. The maximum Gasteiger partial charge on any atom is 0.162 e. The van der Waals surface area contributed by atoms with Crippen molar-refractivity contribution in [1.29, 1.82) is 5.41 Å². The molecule has 0 amide bonds. The third-order valence-electron chi connectivity index (χ3n) is 0.527. The molecule has 0 bridgehead atoms. The van der Waals surface area contributed by atoms with Gasteiger partial charge in [-0.25, -0.2) is 4.39 Å². The van der Waals surface area contributed by atoms with Gasteiger partial charge >= 0.3 is 0 Å². The van der Waals surface area contributed by atoms with E-state index in [0.717, 1.165) is 0 Å². The number of hydrogen-bond donors (Lipinski definition) is 3. The summed E-state index contributed by atoms with van der Waals surface area (Å²) in [6.07, 6.45) is -1.97. The largest absolute Gasteiger partial charge is 0.313 e. The first-order valence-corrected chi connectivity index (χ1v) is 1.84. The highest BCUT2D eigenvalue weighted by Crippen LogP contribution is 1.82. The van der Waals surface area contributed by atoms with E-state index in [0.29, 0.717) is 6.21 Å². The zero-order valence-corrected chi connectivity index (χ0v) is 3.76. The predicted octanol–water partition coefficient (Wildman–Crippen LogP) is -0.782. The standard InChI is InChI=1S/C3H8FN3/c4-2(1-5)3(6)7/h1-3,5H,6-7H2/t2-/m0/s1. The van der Waals surface area contributed by atoms with E-state index in [9.17, 15) is 4.39 Å². The Kier molecular flexibility index (Phi) is 2.47. The van der Waals surface area contributed by atoms with Gasteiger partial charge in [0.2, 0.25) is 0 Å². The first-order valence-electron chi connectivity index (χ1n) is 1.84. The Labute approximate surface area is 41.0 Å². The molecule has 3 nitrogen and oxygen atoms in total. The molecule has 0 aromatic heterocycles. The molecule has 0 aliphatic rings. The van der Waals surface area contributed by atoms with Gasteiger partial charge in [0.15, 0.2) is 6.17 Å². The molecular formula is C3H8FN3. The third kappa shape index (κ3) is 2.24. The number of nitrogens with two attached hydrogens (primary N) is 2. The second-order valence-corrected chi connectivity index (χ2v) is 1.19. The van der Waals surface area contributed by atoms with Crippen LogP contribution in [-0.2, 0) is 0 Å². The minimum Gasteiger partial charge on any atom is -0.313 e. The molecule has 4 heteroatoms. The molecule has 7 heavy (non-hydrogen) atoms. The van der Waals surface area contributed by atoms with Crippen molar-refractivity contribution >= 4 is 6.21 Å². The highest BCUT2D eigenvalue weighted by molar-refractivity contribution is 5.59. The number of nitrogens with one attached hydrogen (secondary N) is 1. The van der Waals surface area contributed by atoms with Crippen molar-refractivity contribution in [2.24, 2.45) is 11.5 Å². The van der Waals surface area contributed by atoms with E-state index in [1.807, 2.05) is 0 Å². The number of halogens is 1. The van der Waals surface area contributed by atoms with E-state index in [-0.39, 0.29) is 0 Å². The predicted molar refractivity (Wildman–Crippen MR) is 25.8 cm³/mol. The molecule has 1 atom stereocenters. The zero-order valence-electron chi connectivity index (χ0n) is 3.76. The monoisotopic (exact) mass is 105 g/mol. The van der Waals surface area contributed by atoms with Crippen molar-refractivity contribution in [2.75, 3.05) is 0 Å². The zero-order chi connectivity index (χ0) is 5.86. The molecule has 0 aliphatic heterocycles. The molecule has 5 N–H and O–H groups in total. The molecule has 0 heterocycles. The van der Waals surface area contributed by atoms with Gasteiger partial charge in [0, 0.05) is 6.21 Å². The SMILES string of the molecule is N=C[C@H](F)C(N)N. The molecule has 0 rings (SSSR count). The van der Waals surface area contributed by atoms with Crippen molar-refractivity contribution < 1.29 is 4.39 Å². The van der Waals surface area contributed by atoms with Crippen molar-refractivity contribution in [2.45, 2.75) is 12.3 Å². The van der Waals surface area contributed by atoms with Crippen LogP contribution in [0.1, 0.15) is 0 Å². The summed E-state index contributed by atoms with van der Waals surface area (Å²) in [6, 6.07) is 0. The van der Waals surface area contributed by atoms with Crippen molar-refractivity contribution in [3.05, 3.63) is 0 Å². The molecular weight excluding hydrogens is 97.1 g/mol. The van der Waals surface area contributed by atoms with E-state index in [1.54, 1.807) is 0 Å². The second kappa shape index (κ2) is 2.65. The first kappa shape index (κ1) is 6.52. The molecule has 0 unspecified atom stereocenters. The van der Waals surface area contributed by atoms with Crippen molar-refractivity contribution in [1.82, 2.24) is 0 Å². The Bertz CT molecular complexity index is 63.2. The van der Waals surface area contributed by atoms with E-state index in [2.05, 4.69) is 0 Å². The van der Waals surface area contributed by atoms with Crippen LogP contribution in [0.25, 0.3) is 0 Å². The minimum atomic E-state index is -1.50. The highest BCUT2D eigenvalue weighted by Gasteiger charge is 2.05. The Hall–Kier alpha value is -0.480. The maximum atomic E-state index is 11.8. The van der Waals surface area contributed by atoms with Crippen LogP contribution < -0.4 is 11.5 Å². The lowest BCUT2D eigenvalue weighted by Gasteiger charge is -2.02. The lowest BCUT2D eigenvalue weighted by molar-refractivity contribution is 0.372. The molecule has 0 spiro atoms. The van der Waals surface area contributed by atoms with Crippen LogP contribution in [-0.4, -0.2) is 18.6 Å². The molecule has 42 valence electrons. The second-order valence-electron chi connectivity index (χ2n) is 1.19. The van der Waals surface area contributed by atoms with E-state index in [4.69, 9.17) is 16.9 Å². The fourth-order valence-electron chi connectivity index (χ4n) is 0.111. The average molecular weight is 105 g/mol. The summed E-state index contributed by atoms with van der Waals surface area (Å²) in [5, 5.41) is 6.28. The molecule has 0 aromatic rings. The summed E-state index contributed by atoms with van der Waals surface area (Å²) < 4.78 is 11.8. The van der Waals surface area contributed by atoms with Gasteiger partial charge in [0.25, 0.3) is 0 Å². The van der Waals surface area contributed by atoms with Crippen LogP contribution in [0.3, 0.4) is 0 Å². The van der Waals surface area contributed by atoms with Crippen LogP contribution in [0.2, 0.25) is 0 Å². The molecule has 0 fully saturated rings. The Morgan fingerprint density at radius 1 is 1.57 bits per heavy atom. The number of alkyl halides is 1. The van der Waals surface area contributed by atoms with Gasteiger partial charge < -0.3 is 16.9 Å². The Balaban J connectivity index is 3.33. The highest BCUT2D eigenvalue weighted by atomic mass is 19.1. The van der Waals surface area contributed by atoms with Crippen LogP contribution in [0.4, 0.5) is 4.39 Å². The van der Waals surface area contributed by atoms with Gasteiger partial charge in [0.1, 0.15) is 0 Å². The van der Waals surface area contributed by atoms with Gasteiger partial charge in [-0.15, -0.1) is 0 Å². The van der Waals surface area contributed by atoms with Gasteiger partial charge in [0.05, 0.1) is 6.17 Å². The van der Waals surface area contributed by atoms with Crippen LogP contribution in [0.15, 0.2) is 0 Å². The van der Waals surface area contributed by atoms with Gasteiger partial charge in [-0.05, 0) is 0 Å². The molecule has 0 saturated carbocycles. The normalized spacial score (nSPS) is 14.3. The van der Waals surface area contributed by atoms with Gasteiger partial charge in [-0.3, -0.25) is 0 Å². The third-order valence-corrected chi connectivity index (χ3v) is 0.527. The molecule has 0 radical (unpaired) electrons. The topological polar surface area (TPSA) is 75.9 Å². The molecule has 0 saturated heterocycles. The van der Waals surface area contributed by atoms with Crippen LogP contribution >= 0.6 is 0 Å². The number of hydrogen-bond acceptors (Lipinski definition) is 3. The summed E-state index contributed by atoms with van der Waals surface area (Å²) in [7, 11) is 0.